The van der Waals surface area contributed by atoms with Crippen molar-refractivity contribution in [3.63, 3.8) is 0 Å². The molecule has 1 atom stereocenters. The summed E-state index contributed by atoms with van der Waals surface area (Å²) in [5, 5.41) is 12.5. The fraction of sp³-hybridized carbons (Fsp3) is 0.391. The highest BCUT2D eigenvalue weighted by atomic mass is 19.1. The molecular weight excluding hydrogens is 365 g/mol. The molecule has 2 aromatic carbocycles. The Morgan fingerprint density at radius 2 is 1.93 bits per heavy atom. The minimum atomic E-state index is -0.203. The van der Waals surface area contributed by atoms with Gasteiger partial charge in [-0.15, -0.1) is 10.2 Å². The molecule has 1 fully saturated rings. The van der Waals surface area contributed by atoms with Gasteiger partial charge in [0, 0.05) is 32.1 Å². The number of rotatable bonds is 4. The first-order valence-corrected chi connectivity index (χ1v) is 10.5. The number of nitrogens with zero attached hydrogens (tertiary/aromatic N) is 4. The van der Waals surface area contributed by atoms with Crippen molar-refractivity contribution < 1.29 is 4.39 Å². The molecular formula is C23H26FN5. The summed E-state index contributed by atoms with van der Waals surface area (Å²) in [6.07, 6.45) is 2.41. The lowest BCUT2D eigenvalue weighted by molar-refractivity contribution is 0.205. The van der Waals surface area contributed by atoms with Crippen LogP contribution in [0.25, 0.3) is 11.1 Å². The SMILES string of the molecule is Fc1ccc(-c2cccc(CN3CCn4c(nnc4[C@@H]4CCCNC4)C3)c2)cc1. The molecule has 0 aliphatic carbocycles. The van der Waals surface area contributed by atoms with E-state index in [-0.39, 0.29) is 5.82 Å². The first kappa shape index (κ1) is 18.5. The molecule has 2 aliphatic rings. The van der Waals surface area contributed by atoms with Crippen LogP contribution in [0.1, 0.15) is 36.0 Å². The molecule has 0 bridgehead atoms. The molecule has 0 radical (unpaired) electrons. The van der Waals surface area contributed by atoms with Crippen LogP contribution in [-0.2, 0) is 19.6 Å². The Morgan fingerprint density at radius 3 is 2.76 bits per heavy atom. The van der Waals surface area contributed by atoms with Gasteiger partial charge in [-0.1, -0.05) is 30.3 Å². The second-order valence-electron chi connectivity index (χ2n) is 8.09. The van der Waals surface area contributed by atoms with Gasteiger partial charge >= 0.3 is 0 Å². The lowest BCUT2D eigenvalue weighted by atomic mass is 9.98. The monoisotopic (exact) mass is 391 g/mol. The van der Waals surface area contributed by atoms with Gasteiger partial charge in [-0.25, -0.2) is 4.39 Å². The van der Waals surface area contributed by atoms with Crippen LogP contribution in [0.5, 0.6) is 0 Å². The Balaban J connectivity index is 1.29. The molecule has 3 heterocycles. The van der Waals surface area contributed by atoms with Crippen LogP contribution in [0.4, 0.5) is 4.39 Å². The van der Waals surface area contributed by atoms with Gasteiger partial charge in [-0.05, 0) is 54.3 Å². The molecule has 2 aliphatic heterocycles. The Bertz CT molecular complexity index is 975. The molecule has 0 spiro atoms. The molecule has 150 valence electrons. The summed E-state index contributed by atoms with van der Waals surface area (Å²) in [6.45, 7) is 5.78. The van der Waals surface area contributed by atoms with Crippen LogP contribution in [0, 0.1) is 5.82 Å². The van der Waals surface area contributed by atoms with Gasteiger partial charge in [-0.3, -0.25) is 4.90 Å². The zero-order chi connectivity index (χ0) is 19.6. The average Bonchev–Trinajstić information content (AvgIpc) is 3.18. The predicted octanol–water partition coefficient (Wildman–Crippen LogP) is 3.57. The third-order valence-electron chi connectivity index (χ3n) is 6.03. The van der Waals surface area contributed by atoms with Crippen molar-refractivity contribution in [2.45, 2.75) is 38.4 Å². The van der Waals surface area contributed by atoms with E-state index >= 15 is 0 Å². The Morgan fingerprint density at radius 1 is 1.03 bits per heavy atom. The third kappa shape index (κ3) is 3.95. The number of nitrogens with one attached hydrogen (secondary N) is 1. The van der Waals surface area contributed by atoms with Crippen molar-refractivity contribution in [1.82, 2.24) is 25.0 Å². The highest BCUT2D eigenvalue weighted by Gasteiger charge is 2.26. The second kappa shape index (κ2) is 8.05. The van der Waals surface area contributed by atoms with Gasteiger partial charge < -0.3 is 9.88 Å². The average molecular weight is 391 g/mol. The van der Waals surface area contributed by atoms with Crippen LogP contribution in [0.2, 0.25) is 0 Å². The van der Waals surface area contributed by atoms with E-state index in [0.29, 0.717) is 5.92 Å². The van der Waals surface area contributed by atoms with E-state index < -0.39 is 0 Å². The first-order valence-electron chi connectivity index (χ1n) is 10.5. The summed E-state index contributed by atoms with van der Waals surface area (Å²) >= 11 is 0. The number of piperidine rings is 1. The minimum absolute atomic E-state index is 0.203. The number of aromatic nitrogens is 3. The van der Waals surface area contributed by atoms with Gasteiger partial charge in [0.15, 0.2) is 0 Å². The fourth-order valence-corrected chi connectivity index (χ4v) is 4.49. The van der Waals surface area contributed by atoms with E-state index in [9.17, 15) is 4.39 Å². The Kier molecular flexibility index (Phi) is 5.12. The van der Waals surface area contributed by atoms with Crippen molar-refractivity contribution in [3.05, 3.63) is 71.6 Å². The van der Waals surface area contributed by atoms with E-state index in [2.05, 4.69) is 49.2 Å². The molecule has 0 unspecified atom stereocenters. The van der Waals surface area contributed by atoms with Crippen LogP contribution in [0.15, 0.2) is 48.5 Å². The Hall–Kier alpha value is -2.57. The fourth-order valence-electron chi connectivity index (χ4n) is 4.49. The zero-order valence-electron chi connectivity index (χ0n) is 16.5. The van der Waals surface area contributed by atoms with Gasteiger partial charge in [-0.2, -0.15) is 0 Å². The lowest BCUT2D eigenvalue weighted by Crippen LogP contribution is -2.35. The maximum atomic E-state index is 13.2. The molecule has 1 aromatic heterocycles. The van der Waals surface area contributed by atoms with Gasteiger partial charge in [0.25, 0.3) is 0 Å². The molecule has 5 nitrogen and oxygen atoms in total. The van der Waals surface area contributed by atoms with Crippen molar-refractivity contribution in [2.24, 2.45) is 0 Å². The standard InChI is InChI=1S/C23H26FN5/c24-21-8-6-18(7-9-21)19-4-1-3-17(13-19)15-28-11-12-29-22(16-28)26-27-23(29)20-5-2-10-25-14-20/h1,3-4,6-9,13,20,25H,2,5,10-12,14-16H2/t20-/m1/s1. The first-order chi connectivity index (χ1) is 14.3. The smallest absolute Gasteiger partial charge is 0.147 e. The predicted molar refractivity (Wildman–Crippen MR) is 111 cm³/mol. The Labute approximate surface area is 170 Å². The molecule has 5 rings (SSSR count). The maximum absolute atomic E-state index is 13.2. The van der Waals surface area contributed by atoms with Crippen LogP contribution in [-0.4, -0.2) is 39.3 Å². The van der Waals surface area contributed by atoms with Crippen LogP contribution >= 0.6 is 0 Å². The van der Waals surface area contributed by atoms with E-state index in [1.165, 1.54) is 30.5 Å². The number of benzene rings is 2. The highest BCUT2D eigenvalue weighted by molar-refractivity contribution is 5.64. The number of hydrogen-bond acceptors (Lipinski definition) is 4. The van der Waals surface area contributed by atoms with Crippen LogP contribution < -0.4 is 5.32 Å². The molecule has 3 aromatic rings. The lowest BCUT2D eigenvalue weighted by Gasteiger charge is -2.29. The van der Waals surface area contributed by atoms with Gasteiger partial charge in [0.05, 0.1) is 6.54 Å². The molecule has 1 saturated heterocycles. The third-order valence-corrected chi connectivity index (χ3v) is 6.03. The molecule has 0 saturated carbocycles. The molecule has 6 heteroatoms. The summed E-state index contributed by atoms with van der Waals surface area (Å²) in [7, 11) is 0. The van der Waals surface area contributed by atoms with E-state index in [0.717, 1.165) is 62.0 Å². The number of halogens is 1. The number of hydrogen-bond donors (Lipinski definition) is 1. The van der Waals surface area contributed by atoms with Crippen molar-refractivity contribution in [1.29, 1.82) is 0 Å². The van der Waals surface area contributed by atoms with Crippen molar-refractivity contribution >= 4 is 0 Å². The van der Waals surface area contributed by atoms with Gasteiger partial charge in [0.1, 0.15) is 17.5 Å². The topological polar surface area (TPSA) is 46.0 Å². The molecule has 29 heavy (non-hydrogen) atoms. The quantitative estimate of drug-likeness (QED) is 0.739. The van der Waals surface area contributed by atoms with Crippen molar-refractivity contribution in [3.8, 4) is 11.1 Å². The molecule has 0 amide bonds. The normalized spacial score (nSPS) is 19.8. The van der Waals surface area contributed by atoms with Crippen LogP contribution in [0.3, 0.4) is 0 Å². The van der Waals surface area contributed by atoms with Gasteiger partial charge in [0.2, 0.25) is 0 Å². The van der Waals surface area contributed by atoms with Crippen molar-refractivity contribution in [2.75, 3.05) is 19.6 Å². The van der Waals surface area contributed by atoms with E-state index in [1.54, 1.807) is 0 Å². The van der Waals surface area contributed by atoms with E-state index in [4.69, 9.17) is 0 Å². The minimum Gasteiger partial charge on any atom is -0.316 e. The summed E-state index contributed by atoms with van der Waals surface area (Å²) in [5.41, 5.74) is 3.42. The second-order valence-corrected chi connectivity index (χ2v) is 8.09. The summed E-state index contributed by atoms with van der Waals surface area (Å²) in [4.78, 5) is 2.43. The number of fused-ring (bicyclic) bond motifs is 1. The summed E-state index contributed by atoms with van der Waals surface area (Å²) in [5.74, 6) is 2.52. The molecule has 1 N–H and O–H groups in total. The highest BCUT2D eigenvalue weighted by Crippen LogP contribution is 2.26. The maximum Gasteiger partial charge on any atom is 0.147 e. The zero-order valence-corrected chi connectivity index (χ0v) is 16.5. The summed E-state index contributed by atoms with van der Waals surface area (Å²) in [6, 6.07) is 15.2. The summed E-state index contributed by atoms with van der Waals surface area (Å²) < 4.78 is 15.5. The van der Waals surface area contributed by atoms with E-state index in [1.807, 2.05) is 12.1 Å². The largest absolute Gasteiger partial charge is 0.316 e.